The fourth-order valence-electron chi connectivity index (χ4n) is 3.30. The Kier molecular flexibility index (Phi) is 5.07. The van der Waals surface area contributed by atoms with Gasteiger partial charge in [0, 0.05) is 36.3 Å². The van der Waals surface area contributed by atoms with E-state index in [4.69, 9.17) is 0 Å². The summed E-state index contributed by atoms with van der Waals surface area (Å²) in [5, 5.41) is 9.75. The molecule has 1 aliphatic heterocycles. The molecule has 2 N–H and O–H groups in total. The zero-order valence-corrected chi connectivity index (χ0v) is 15.4. The van der Waals surface area contributed by atoms with Gasteiger partial charge in [-0.25, -0.2) is 8.78 Å². The molecule has 1 aliphatic rings. The number of halogens is 2. The van der Waals surface area contributed by atoms with Gasteiger partial charge in [0.25, 0.3) is 11.8 Å². The molecule has 0 saturated carbocycles. The number of carbonyl (C=O) groups is 2. The number of nitrogens with one attached hydrogen (secondary N) is 2. The van der Waals surface area contributed by atoms with Gasteiger partial charge in [-0.1, -0.05) is 12.1 Å². The first-order chi connectivity index (χ1) is 14.0. The minimum Gasteiger partial charge on any atom is -0.347 e. The second-order valence-electron chi connectivity index (χ2n) is 6.82. The lowest BCUT2D eigenvalue weighted by Gasteiger charge is -2.27. The predicted molar refractivity (Wildman–Crippen MR) is 101 cm³/mol. The number of nitrogens with zero attached hydrogens (tertiary/aromatic N) is 2. The summed E-state index contributed by atoms with van der Waals surface area (Å²) in [7, 11) is 0. The van der Waals surface area contributed by atoms with Crippen molar-refractivity contribution in [3.05, 3.63) is 88.2 Å². The van der Waals surface area contributed by atoms with Crippen molar-refractivity contribution in [1.29, 1.82) is 0 Å². The summed E-state index contributed by atoms with van der Waals surface area (Å²) >= 11 is 0. The highest BCUT2D eigenvalue weighted by Crippen LogP contribution is 2.22. The van der Waals surface area contributed by atoms with Gasteiger partial charge in [0.1, 0.15) is 11.6 Å². The molecule has 0 radical (unpaired) electrons. The van der Waals surface area contributed by atoms with Crippen LogP contribution >= 0.6 is 0 Å². The van der Waals surface area contributed by atoms with Crippen molar-refractivity contribution in [2.24, 2.45) is 0 Å². The number of amides is 2. The van der Waals surface area contributed by atoms with E-state index in [0.717, 1.165) is 11.3 Å². The van der Waals surface area contributed by atoms with E-state index in [0.29, 0.717) is 24.1 Å². The lowest BCUT2D eigenvalue weighted by molar-refractivity contribution is 0.0731. The van der Waals surface area contributed by atoms with Crippen LogP contribution in [0.1, 0.15) is 37.7 Å². The maximum atomic E-state index is 13.1. The molecule has 0 bridgehead atoms. The second-order valence-corrected chi connectivity index (χ2v) is 6.82. The summed E-state index contributed by atoms with van der Waals surface area (Å²) in [6.07, 6.45) is 0.542. The molecule has 0 spiro atoms. The van der Waals surface area contributed by atoms with Gasteiger partial charge in [0.05, 0.1) is 6.54 Å². The number of hydrogen-bond donors (Lipinski definition) is 2. The van der Waals surface area contributed by atoms with Gasteiger partial charge in [-0.05, 0) is 42.0 Å². The van der Waals surface area contributed by atoms with Crippen molar-refractivity contribution in [1.82, 2.24) is 20.4 Å². The Morgan fingerprint density at radius 2 is 1.69 bits per heavy atom. The van der Waals surface area contributed by atoms with Crippen LogP contribution in [-0.4, -0.2) is 33.5 Å². The number of fused-ring (bicyclic) bond motifs is 1. The Balaban J connectivity index is 1.46. The molecule has 2 aromatic carbocycles. The van der Waals surface area contributed by atoms with Crippen LogP contribution in [0.15, 0.2) is 48.5 Å². The number of rotatable bonds is 4. The maximum absolute atomic E-state index is 13.1. The molecule has 3 aromatic rings. The van der Waals surface area contributed by atoms with Crippen molar-refractivity contribution in [2.45, 2.75) is 19.5 Å². The molecule has 6 nitrogen and oxygen atoms in total. The standard InChI is InChI=1S/C21H18F2N4O2/c22-15-5-1-13(2-6-15)11-24-20(28)19-17-12-27(10-9-18(17)25-26-19)21(29)14-3-7-16(23)8-4-14/h1-8H,9-12H2,(H,24,28)(H,25,26). The number of aromatic nitrogens is 2. The maximum Gasteiger partial charge on any atom is 0.272 e. The molecule has 0 fully saturated rings. The van der Waals surface area contributed by atoms with Crippen molar-refractivity contribution >= 4 is 11.8 Å². The highest BCUT2D eigenvalue weighted by molar-refractivity contribution is 5.96. The van der Waals surface area contributed by atoms with Crippen molar-refractivity contribution < 1.29 is 18.4 Å². The summed E-state index contributed by atoms with van der Waals surface area (Å²) in [5.74, 6) is -1.35. The quantitative estimate of drug-likeness (QED) is 0.712. The van der Waals surface area contributed by atoms with Gasteiger partial charge in [-0.15, -0.1) is 0 Å². The first kappa shape index (κ1) is 18.8. The van der Waals surface area contributed by atoms with E-state index in [1.165, 1.54) is 36.4 Å². The summed E-state index contributed by atoms with van der Waals surface area (Å²) in [6, 6.07) is 11.2. The SMILES string of the molecule is O=C(NCc1ccc(F)cc1)c1n[nH]c2c1CN(C(=O)c1ccc(F)cc1)CC2. The first-order valence-corrected chi connectivity index (χ1v) is 9.15. The molecule has 148 valence electrons. The Morgan fingerprint density at radius 1 is 1.03 bits per heavy atom. The molecule has 0 unspecified atom stereocenters. The predicted octanol–water partition coefficient (Wildman–Crippen LogP) is 2.82. The third-order valence-electron chi connectivity index (χ3n) is 4.89. The van der Waals surface area contributed by atoms with E-state index in [1.807, 2.05) is 0 Å². The Bertz CT molecular complexity index is 1050. The third kappa shape index (κ3) is 4.01. The molecule has 2 heterocycles. The average Bonchev–Trinajstić information content (AvgIpc) is 3.16. The third-order valence-corrected chi connectivity index (χ3v) is 4.89. The van der Waals surface area contributed by atoms with Crippen LogP contribution in [0.2, 0.25) is 0 Å². The number of aromatic amines is 1. The molecule has 8 heteroatoms. The molecule has 4 rings (SSSR count). The monoisotopic (exact) mass is 396 g/mol. The van der Waals surface area contributed by atoms with Crippen LogP contribution in [-0.2, 0) is 19.5 Å². The highest BCUT2D eigenvalue weighted by Gasteiger charge is 2.28. The zero-order valence-electron chi connectivity index (χ0n) is 15.4. The number of H-pyrrole nitrogens is 1. The fourth-order valence-corrected chi connectivity index (χ4v) is 3.30. The normalized spacial score (nSPS) is 13.1. The molecule has 0 atom stereocenters. The van der Waals surface area contributed by atoms with Crippen LogP contribution in [0.25, 0.3) is 0 Å². The average molecular weight is 396 g/mol. The van der Waals surface area contributed by atoms with Crippen molar-refractivity contribution in [2.75, 3.05) is 6.54 Å². The molecule has 29 heavy (non-hydrogen) atoms. The van der Waals surface area contributed by atoms with Gasteiger partial charge >= 0.3 is 0 Å². The van der Waals surface area contributed by atoms with Crippen LogP contribution in [0.3, 0.4) is 0 Å². The molecular weight excluding hydrogens is 378 g/mol. The summed E-state index contributed by atoms with van der Waals surface area (Å²) in [6.45, 7) is 0.947. The number of benzene rings is 2. The van der Waals surface area contributed by atoms with E-state index in [9.17, 15) is 18.4 Å². The van der Waals surface area contributed by atoms with Gasteiger partial charge in [0.2, 0.25) is 0 Å². The molecule has 0 saturated heterocycles. The summed E-state index contributed by atoms with van der Waals surface area (Å²) in [4.78, 5) is 26.9. The van der Waals surface area contributed by atoms with Crippen LogP contribution in [0.5, 0.6) is 0 Å². The fraction of sp³-hybridized carbons (Fsp3) is 0.190. The molecule has 1 aromatic heterocycles. The topological polar surface area (TPSA) is 78.1 Å². The largest absolute Gasteiger partial charge is 0.347 e. The molecule has 0 aliphatic carbocycles. The highest BCUT2D eigenvalue weighted by atomic mass is 19.1. The molecular formula is C21H18F2N4O2. The van der Waals surface area contributed by atoms with Gasteiger partial charge < -0.3 is 10.2 Å². The smallest absolute Gasteiger partial charge is 0.272 e. The Hall–Kier alpha value is -3.55. The van der Waals surface area contributed by atoms with E-state index in [1.54, 1.807) is 17.0 Å². The first-order valence-electron chi connectivity index (χ1n) is 9.15. The molecule has 2 amide bonds. The van der Waals surface area contributed by atoms with Crippen molar-refractivity contribution in [3.63, 3.8) is 0 Å². The van der Waals surface area contributed by atoms with Crippen LogP contribution in [0.4, 0.5) is 8.78 Å². The lowest BCUT2D eigenvalue weighted by atomic mass is 10.0. The lowest BCUT2D eigenvalue weighted by Crippen LogP contribution is -2.36. The van der Waals surface area contributed by atoms with Crippen molar-refractivity contribution in [3.8, 4) is 0 Å². The van der Waals surface area contributed by atoms with E-state index < -0.39 is 5.82 Å². The van der Waals surface area contributed by atoms with Crippen LogP contribution < -0.4 is 5.32 Å². The Morgan fingerprint density at radius 3 is 2.38 bits per heavy atom. The van der Waals surface area contributed by atoms with Gasteiger partial charge in [-0.2, -0.15) is 5.10 Å². The van der Waals surface area contributed by atoms with E-state index >= 15 is 0 Å². The number of carbonyl (C=O) groups excluding carboxylic acids is 2. The van der Waals surface area contributed by atoms with Gasteiger partial charge in [-0.3, -0.25) is 14.7 Å². The zero-order chi connectivity index (χ0) is 20.4. The minimum absolute atomic E-state index is 0.227. The summed E-state index contributed by atoms with van der Waals surface area (Å²) < 4.78 is 26.1. The number of hydrogen-bond acceptors (Lipinski definition) is 3. The Labute approximate surface area is 165 Å². The van der Waals surface area contributed by atoms with Crippen LogP contribution in [0, 0.1) is 11.6 Å². The van der Waals surface area contributed by atoms with E-state index in [-0.39, 0.29) is 36.4 Å². The summed E-state index contributed by atoms with van der Waals surface area (Å²) in [5.41, 5.74) is 2.88. The van der Waals surface area contributed by atoms with E-state index in [2.05, 4.69) is 15.5 Å². The second kappa shape index (κ2) is 7.83. The van der Waals surface area contributed by atoms with Gasteiger partial charge in [0.15, 0.2) is 5.69 Å². The minimum atomic E-state index is -0.405.